The molecule has 0 atom stereocenters. The topological polar surface area (TPSA) is 77.2 Å². The second-order valence-electron chi connectivity index (χ2n) is 4.16. The molecule has 1 aromatic carbocycles. The zero-order chi connectivity index (χ0) is 14.5. The number of nitrogen functional groups attached to an aromatic ring is 1. The summed E-state index contributed by atoms with van der Waals surface area (Å²) in [5, 5.41) is 3.19. The lowest BCUT2D eigenvalue weighted by Gasteiger charge is -2.08. The number of hydrogen-bond donors (Lipinski definition) is 2. The van der Waals surface area contributed by atoms with E-state index in [1.807, 2.05) is 0 Å². The van der Waals surface area contributed by atoms with Gasteiger partial charge in [0.1, 0.15) is 5.75 Å². The van der Waals surface area contributed by atoms with Crippen molar-refractivity contribution in [3.8, 4) is 5.75 Å². The number of benzene rings is 1. The Morgan fingerprint density at radius 3 is 2.80 bits per heavy atom. The summed E-state index contributed by atoms with van der Waals surface area (Å²) in [7, 11) is 1.53. The van der Waals surface area contributed by atoms with Crippen molar-refractivity contribution in [2.75, 3.05) is 18.2 Å². The number of methoxy groups -OCH3 is 1. The van der Waals surface area contributed by atoms with Gasteiger partial charge in [-0.2, -0.15) is 0 Å². The Bertz CT molecular complexity index is 614. The monoisotopic (exact) mass is 291 g/mol. The molecule has 2 aromatic rings. The average Bonchev–Trinajstić information content (AvgIpc) is 2.41. The molecule has 0 unspecified atom stereocenters. The smallest absolute Gasteiger partial charge is 0.230 e. The molecule has 0 aliphatic rings. The van der Waals surface area contributed by atoms with E-state index in [0.29, 0.717) is 27.8 Å². The van der Waals surface area contributed by atoms with Crippen LogP contribution in [0.25, 0.3) is 0 Å². The summed E-state index contributed by atoms with van der Waals surface area (Å²) in [5.74, 6) is 0.383. The summed E-state index contributed by atoms with van der Waals surface area (Å²) in [5.41, 5.74) is 7.36. The first kappa shape index (κ1) is 14.1. The van der Waals surface area contributed by atoms with E-state index >= 15 is 0 Å². The molecule has 2 rings (SSSR count). The summed E-state index contributed by atoms with van der Waals surface area (Å²) in [4.78, 5) is 15.9. The van der Waals surface area contributed by atoms with Gasteiger partial charge in [0.2, 0.25) is 5.91 Å². The fraction of sp³-hybridized carbons (Fsp3) is 0.143. The fourth-order valence-corrected chi connectivity index (χ4v) is 1.91. The third-order valence-electron chi connectivity index (χ3n) is 2.62. The standard InChI is InChI=1S/C14H14ClN3O2/c1-20-13-5-4-11(6-12(13)15)18-14(19)7-10-3-2-9(16)8-17-10/h2-6,8H,7,16H2,1H3,(H,18,19). The third-order valence-corrected chi connectivity index (χ3v) is 2.92. The third kappa shape index (κ3) is 3.61. The van der Waals surface area contributed by atoms with Gasteiger partial charge in [0.25, 0.3) is 0 Å². The zero-order valence-electron chi connectivity index (χ0n) is 10.9. The van der Waals surface area contributed by atoms with E-state index in [4.69, 9.17) is 22.1 Å². The van der Waals surface area contributed by atoms with Crippen molar-refractivity contribution in [3.63, 3.8) is 0 Å². The molecule has 0 radical (unpaired) electrons. The van der Waals surface area contributed by atoms with Gasteiger partial charge in [0, 0.05) is 11.4 Å². The minimum atomic E-state index is -0.177. The molecule has 0 fully saturated rings. The van der Waals surface area contributed by atoms with Crippen LogP contribution in [-0.4, -0.2) is 18.0 Å². The molecule has 3 N–H and O–H groups in total. The maximum atomic E-state index is 11.9. The van der Waals surface area contributed by atoms with Crippen LogP contribution in [0.3, 0.4) is 0 Å². The highest BCUT2D eigenvalue weighted by Gasteiger charge is 2.07. The molecule has 0 bridgehead atoms. The van der Waals surface area contributed by atoms with Crippen molar-refractivity contribution in [1.82, 2.24) is 4.98 Å². The molecule has 1 amide bonds. The van der Waals surface area contributed by atoms with E-state index in [0.717, 1.165) is 0 Å². The predicted octanol–water partition coefficient (Wildman–Crippen LogP) is 2.51. The van der Waals surface area contributed by atoms with Crippen molar-refractivity contribution < 1.29 is 9.53 Å². The molecule has 0 spiro atoms. The van der Waals surface area contributed by atoms with Crippen molar-refractivity contribution in [2.45, 2.75) is 6.42 Å². The number of nitrogens with one attached hydrogen (secondary N) is 1. The number of carbonyl (C=O) groups excluding carboxylic acids is 1. The summed E-state index contributed by atoms with van der Waals surface area (Å²) in [6.07, 6.45) is 1.69. The highest BCUT2D eigenvalue weighted by atomic mass is 35.5. The van der Waals surface area contributed by atoms with Gasteiger partial charge < -0.3 is 15.8 Å². The number of ether oxygens (including phenoxy) is 1. The lowest BCUT2D eigenvalue weighted by Crippen LogP contribution is -2.15. The number of rotatable bonds is 4. The van der Waals surface area contributed by atoms with Crippen LogP contribution in [0.5, 0.6) is 5.75 Å². The summed E-state index contributed by atoms with van der Waals surface area (Å²) in [6, 6.07) is 8.48. The number of aromatic nitrogens is 1. The van der Waals surface area contributed by atoms with Crippen LogP contribution in [-0.2, 0) is 11.2 Å². The van der Waals surface area contributed by atoms with E-state index in [2.05, 4.69) is 10.3 Å². The van der Waals surface area contributed by atoms with E-state index in [1.165, 1.54) is 13.3 Å². The molecule has 5 nitrogen and oxygen atoms in total. The van der Waals surface area contributed by atoms with Crippen LogP contribution >= 0.6 is 11.6 Å². The molecule has 0 saturated carbocycles. The van der Waals surface area contributed by atoms with E-state index in [9.17, 15) is 4.79 Å². The Morgan fingerprint density at radius 2 is 2.20 bits per heavy atom. The van der Waals surface area contributed by atoms with Crippen molar-refractivity contribution in [3.05, 3.63) is 47.2 Å². The zero-order valence-corrected chi connectivity index (χ0v) is 11.6. The lowest BCUT2D eigenvalue weighted by atomic mass is 10.2. The SMILES string of the molecule is COc1ccc(NC(=O)Cc2ccc(N)cn2)cc1Cl. The van der Waals surface area contributed by atoms with Crippen LogP contribution in [0.2, 0.25) is 5.02 Å². The summed E-state index contributed by atoms with van der Waals surface area (Å²) >= 11 is 5.99. The van der Waals surface area contributed by atoms with Crippen molar-refractivity contribution in [1.29, 1.82) is 0 Å². The number of nitrogens with zero attached hydrogens (tertiary/aromatic N) is 1. The molecule has 1 aromatic heterocycles. The Hall–Kier alpha value is -2.27. The second kappa shape index (κ2) is 6.25. The maximum absolute atomic E-state index is 11.9. The van der Waals surface area contributed by atoms with Crippen molar-refractivity contribution in [2.24, 2.45) is 0 Å². The van der Waals surface area contributed by atoms with Gasteiger partial charge in [-0.3, -0.25) is 9.78 Å². The van der Waals surface area contributed by atoms with Crippen LogP contribution in [0.1, 0.15) is 5.69 Å². The quantitative estimate of drug-likeness (QED) is 0.907. The van der Waals surface area contributed by atoms with E-state index in [-0.39, 0.29) is 12.3 Å². The van der Waals surface area contributed by atoms with Gasteiger partial charge in [0.05, 0.1) is 30.4 Å². The van der Waals surface area contributed by atoms with E-state index < -0.39 is 0 Å². The number of nitrogens with two attached hydrogens (primary N) is 1. The van der Waals surface area contributed by atoms with Crippen molar-refractivity contribution >= 4 is 28.9 Å². The first-order valence-corrected chi connectivity index (χ1v) is 6.30. The lowest BCUT2D eigenvalue weighted by molar-refractivity contribution is -0.115. The molecular weight excluding hydrogens is 278 g/mol. The number of halogens is 1. The number of amides is 1. The normalized spacial score (nSPS) is 10.1. The molecule has 0 aliphatic carbocycles. The minimum absolute atomic E-state index is 0.171. The Labute approximate surface area is 121 Å². The molecule has 1 heterocycles. The van der Waals surface area contributed by atoms with Gasteiger partial charge in [-0.15, -0.1) is 0 Å². The molecule has 0 saturated heterocycles. The number of pyridine rings is 1. The molecule has 6 heteroatoms. The van der Waals surface area contributed by atoms with Gasteiger partial charge in [0.15, 0.2) is 0 Å². The fourth-order valence-electron chi connectivity index (χ4n) is 1.65. The largest absolute Gasteiger partial charge is 0.495 e. The first-order chi connectivity index (χ1) is 9.58. The second-order valence-corrected chi connectivity index (χ2v) is 4.56. The molecule has 20 heavy (non-hydrogen) atoms. The summed E-state index contributed by atoms with van der Waals surface area (Å²) in [6.45, 7) is 0. The Kier molecular flexibility index (Phi) is 4.42. The maximum Gasteiger partial charge on any atom is 0.230 e. The summed E-state index contributed by atoms with van der Waals surface area (Å²) < 4.78 is 5.05. The van der Waals surface area contributed by atoms with Gasteiger partial charge in [-0.05, 0) is 30.3 Å². The number of hydrogen-bond acceptors (Lipinski definition) is 4. The first-order valence-electron chi connectivity index (χ1n) is 5.92. The number of carbonyl (C=O) groups is 1. The minimum Gasteiger partial charge on any atom is -0.495 e. The number of anilines is 2. The van der Waals surface area contributed by atoms with Gasteiger partial charge in [-0.1, -0.05) is 11.6 Å². The molecule has 0 aliphatic heterocycles. The Morgan fingerprint density at radius 1 is 1.40 bits per heavy atom. The van der Waals surface area contributed by atoms with Crippen LogP contribution in [0.4, 0.5) is 11.4 Å². The Balaban J connectivity index is 2.01. The van der Waals surface area contributed by atoms with Crippen LogP contribution in [0, 0.1) is 0 Å². The average molecular weight is 292 g/mol. The molecular formula is C14H14ClN3O2. The van der Waals surface area contributed by atoms with Crippen LogP contribution in [0.15, 0.2) is 36.5 Å². The predicted molar refractivity (Wildman–Crippen MR) is 79.0 cm³/mol. The molecule has 104 valence electrons. The highest BCUT2D eigenvalue weighted by molar-refractivity contribution is 6.32. The highest BCUT2D eigenvalue weighted by Crippen LogP contribution is 2.27. The van der Waals surface area contributed by atoms with Gasteiger partial charge in [-0.25, -0.2) is 0 Å². The van der Waals surface area contributed by atoms with Gasteiger partial charge >= 0.3 is 0 Å². The van der Waals surface area contributed by atoms with Crippen LogP contribution < -0.4 is 15.8 Å². The van der Waals surface area contributed by atoms with E-state index in [1.54, 1.807) is 30.3 Å².